The molecule has 214 valence electrons. The topological polar surface area (TPSA) is 143 Å². The molecule has 9 nitrogen and oxygen atoms in total. The van der Waals surface area contributed by atoms with E-state index in [1.807, 2.05) is 42.5 Å². The normalized spacial score (nSPS) is 11.5. The zero-order valence-corrected chi connectivity index (χ0v) is 24.1. The molecule has 2 aromatic heterocycles. The summed E-state index contributed by atoms with van der Waals surface area (Å²) in [5, 5.41) is 29.7. The van der Waals surface area contributed by atoms with Crippen molar-refractivity contribution in [3.63, 3.8) is 0 Å². The van der Waals surface area contributed by atoms with Gasteiger partial charge in [0.2, 0.25) is 11.6 Å². The van der Waals surface area contributed by atoms with Crippen molar-refractivity contribution in [2.45, 2.75) is 16.9 Å². The van der Waals surface area contributed by atoms with Crippen LogP contribution in [0.5, 0.6) is 5.75 Å². The number of hydrogen-bond donors (Lipinski definition) is 3. The number of ether oxygens (including phenoxy) is 1. The van der Waals surface area contributed by atoms with E-state index < -0.39 is 12.7 Å². The Hall–Kier alpha value is -4.84. The van der Waals surface area contributed by atoms with E-state index in [9.17, 15) is 10.4 Å². The molecule has 0 fully saturated rings. The maximum atomic E-state index is 10.2. The van der Waals surface area contributed by atoms with Gasteiger partial charge in [-0.15, -0.1) is 0 Å². The van der Waals surface area contributed by atoms with Gasteiger partial charge in [0.05, 0.1) is 24.4 Å². The smallest absolute Gasteiger partial charge is 0.236 e. The van der Waals surface area contributed by atoms with Gasteiger partial charge in [0.25, 0.3) is 0 Å². The van der Waals surface area contributed by atoms with Crippen LogP contribution in [0.2, 0.25) is 5.02 Å². The number of pyridine rings is 1. The van der Waals surface area contributed by atoms with Gasteiger partial charge in [-0.1, -0.05) is 65.8 Å². The molecule has 0 amide bonds. The van der Waals surface area contributed by atoms with Crippen molar-refractivity contribution in [1.82, 2.24) is 9.97 Å². The average Bonchev–Trinajstić information content (AvgIpc) is 3.47. The molecule has 1 atom stereocenters. The van der Waals surface area contributed by atoms with Crippen molar-refractivity contribution < 1.29 is 19.4 Å². The Morgan fingerprint density at radius 2 is 1.72 bits per heavy atom. The third-order valence-corrected chi connectivity index (χ3v) is 7.59. The van der Waals surface area contributed by atoms with Gasteiger partial charge in [0.15, 0.2) is 5.76 Å². The highest BCUT2D eigenvalue weighted by Crippen LogP contribution is 2.43. The van der Waals surface area contributed by atoms with E-state index in [1.54, 1.807) is 36.4 Å². The number of anilines is 1. The van der Waals surface area contributed by atoms with Crippen LogP contribution in [-0.2, 0) is 5.75 Å². The molecule has 0 unspecified atom stereocenters. The average molecular weight is 610 g/mol. The van der Waals surface area contributed by atoms with Crippen LogP contribution in [0.25, 0.3) is 38.7 Å². The zero-order chi connectivity index (χ0) is 30.3. The first kappa shape index (κ1) is 29.6. The van der Waals surface area contributed by atoms with Crippen LogP contribution >= 0.6 is 23.4 Å². The lowest BCUT2D eigenvalue weighted by Crippen LogP contribution is -2.21. The van der Waals surface area contributed by atoms with Crippen molar-refractivity contribution in [3.8, 4) is 45.7 Å². The van der Waals surface area contributed by atoms with Crippen molar-refractivity contribution in [2.75, 3.05) is 18.9 Å². The molecular weight excluding hydrogens is 586 g/mol. The molecule has 0 aliphatic heterocycles. The van der Waals surface area contributed by atoms with E-state index in [4.69, 9.17) is 43.2 Å². The molecule has 5 rings (SSSR count). The van der Waals surface area contributed by atoms with Gasteiger partial charge in [0.1, 0.15) is 35.4 Å². The van der Waals surface area contributed by atoms with Gasteiger partial charge in [-0.2, -0.15) is 5.26 Å². The Morgan fingerprint density at radius 1 is 1.02 bits per heavy atom. The SMILES string of the molecule is [C-]#[N+]c1c(N)nc(SCc2nc(-c3ccc(Cl)cc3)oc2-c2ccccc2)c(C#N)c1-c1ccc(OC[C@@H](O)CO)cc1. The standard InChI is InChI=1S/C32H24ClN5O4S/c1-36-28-27(19-9-13-24(14-10-19)41-17-23(40)16-39)25(15-34)32(38-30(28)35)43-18-26-29(20-5-3-2-4-6-20)42-31(37-26)21-7-11-22(33)12-8-21/h2-14,23,39-40H,16-18H2,(H2,35,38)/t23-/m0/s1. The number of aliphatic hydroxyl groups excluding tert-OH is 2. The number of rotatable bonds is 10. The van der Waals surface area contributed by atoms with Gasteiger partial charge in [-0.25, -0.2) is 14.8 Å². The van der Waals surface area contributed by atoms with Gasteiger partial charge in [-0.3, -0.25) is 0 Å². The fourth-order valence-corrected chi connectivity index (χ4v) is 5.30. The number of nitrogens with zero attached hydrogens (tertiary/aromatic N) is 4. The largest absolute Gasteiger partial charge is 0.491 e. The number of nitrogens with two attached hydrogens (primary N) is 1. The summed E-state index contributed by atoms with van der Waals surface area (Å²) >= 11 is 7.34. The highest BCUT2D eigenvalue weighted by atomic mass is 35.5. The third kappa shape index (κ3) is 6.64. The van der Waals surface area contributed by atoms with Gasteiger partial charge in [-0.05, 0) is 42.0 Å². The van der Waals surface area contributed by atoms with E-state index in [0.717, 1.165) is 11.1 Å². The Balaban J connectivity index is 1.50. The van der Waals surface area contributed by atoms with Crippen LogP contribution in [0.4, 0.5) is 11.5 Å². The highest BCUT2D eigenvalue weighted by molar-refractivity contribution is 7.98. The van der Waals surface area contributed by atoms with Crippen LogP contribution in [0.1, 0.15) is 11.3 Å². The second-order valence-corrected chi connectivity index (χ2v) is 10.7. The van der Waals surface area contributed by atoms with Gasteiger partial charge >= 0.3 is 0 Å². The van der Waals surface area contributed by atoms with E-state index in [-0.39, 0.29) is 23.7 Å². The molecular formula is C32H24ClN5O4S. The Bertz CT molecular complexity index is 1820. The first-order valence-corrected chi connectivity index (χ1v) is 14.3. The summed E-state index contributed by atoms with van der Waals surface area (Å²) in [6, 6.07) is 25.7. The summed E-state index contributed by atoms with van der Waals surface area (Å²) in [5.41, 5.74) is 9.70. The first-order chi connectivity index (χ1) is 20.9. The van der Waals surface area contributed by atoms with Crippen molar-refractivity contribution in [3.05, 3.63) is 107 Å². The summed E-state index contributed by atoms with van der Waals surface area (Å²) in [6.07, 6.45) is -1.01. The van der Waals surface area contributed by atoms with E-state index in [0.29, 0.717) is 50.0 Å². The predicted octanol–water partition coefficient (Wildman–Crippen LogP) is 6.75. The van der Waals surface area contributed by atoms with Crippen LogP contribution in [-0.4, -0.2) is 39.5 Å². The number of nitrogen functional groups attached to an aromatic ring is 1. The van der Waals surface area contributed by atoms with E-state index >= 15 is 0 Å². The molecule has 0 bridgehead atoms. The minimum Gasteiger partial charge on any atom is -0.491 e. The molecule has 0 saturated heterocycles. The number of benzene rings is 3. The monoisotopic (exact) mass is 609 g/mol. The third-order valence-electron chi connectivity index (χ3n) is 6.36. The molecule has 0 saturated carbocycles. The first-order valence-electron chi connectivity index (χ1n) is 13.0. The molecule has 11 heteroatoms. The molecule has 0 radical (unpaired) electrons. The predicted molar refractivity (Wildman–Crippen MR) is 166 cm³/mol. The quantitative estimate of drug-likeness (QED) is 0.116. The number of aromatic nitrogens is 2. The molecule has 0 aliphatic rings. The van der Waals surface area contributed by atoms with Crippen molar-refractivity contribution in [2.24, 2.45) is 0 Å². The summed E-state index contributed by atoms with van der Waals surface area (Å²) in [6.45, 7) is 7.23. The van der Waals surface area contributed by atoms with Crippen LogP contribution in [0.15, 0.2) is 88.3 Å². The lowest BCUT2D eigenvalue weighted by molar-refractivity contribution is 0.0536. The molecule has 0 aliphatic carbocycles. The van der Waals surface area contributed by atoms with E-state index in [2.05, 4.69) is 15.9 Å². The van der Waals surface area contributed by atoms with Crippen LogP contribution in [0.3, 0.4) is 0 Å². The summed E-state index contributed by atoms with van der Waals surface area (Å²) in [4.78, 5) is 12.8. The summed E-state index contributed by atoms with van der Waals surface area (Å²) in [7, 11) is 0. The molecule has 0 spiro atoms. The fourth-order valence-electron chi connectivity index (χ4n) is 4.25. The lowest BCUT2D eigenvalue weighted by atomic mass is 10.00. The summed E-state index contributed by atoms with van der Waals surface area (Å²) < 4.78 is 11.7. The maximum absolute atomic E-state index is 10.2. The van der Waals surface area contributed by atoms with Crippen LogP contribution in [0, 0.1) is 17.9 Å². The van der Waals surface area contributed by atoms with E-state index in [1.165, 1.54) is 11.8 Å². The number of halogens is 1. The Kier molecular flexibility index (Phi) is 9.26. The van der Waals surface area contributed by atoms with Crippen LogP contribution < -0.4 is 10.5 Å². The number of nitriles is 1. The molecule has 43 heavy (non-hydrogen) atoms. The Morgan fingerprint density at radius 3 is 2.37 bits per heavy atom. The second-order valence-electron chi connectivity index (χ2n) is 9.25. The molecule has 5 aromatic rings. The molecule has 3 aromatic carbocycles. The number of thioether (sulfide) groups is 1. The van der Waals surface area contributed by atoms with Crippen molar-refractivity contribution >= 4 is 34.9 Å². The minimum atomic E-state index is -1.01. The maximum Gasteiger partial charge on any atom is 0.236 e. The highest BCUT2D eigenvalue weighted by Gasteiger charge is 2.23. The fraction of sp³-hybridized carbons (Fsp3) is 0.125. The second kappa shape index (κ2) is 13.4. The Labute approximate surface area is 257 Å². The summed E-state index contributed by atoms with van der Waals surface area (Å²) in [5.74, 6) is 1.77. The van der Waals surface area contributed by atoms with Crippen molar-refractivity contribution in [1.29, 1.82) is 5.26 Å². The zero-order valence-electron chi connectivity index (χ0n) is 22.6. The lowest BCUT2D eigenvalue weighted by Gasteiger charge is -2.14. The minimum absolute atomic E-state index is 0.00295. The molecule has 2 heterocycles. The molecule has 4 N–H and O–H groups in total. The number of aliphatic hydroxyl groups is 2. The number of oxazole rings is 1. The number of hydrogen-bond acceptors (Lipinski definition) is 9. The van der Waals surface area contributed by atoms with Gasteiger partial charge in [0, 0.05) is 27.5 Å². The van der Waals surface area contributed by atoms with Gasteiger partial charge < -0.3 is 25.1 Å².